The van der Waals surface area contributed by atoms with Gasteiger partial charge in [0.25, 0.3) is 0 Å². The third-order valence-electron chi connectivity index (χ3n) is 0.213. The van der Waals surface area contributed by atoms with E-state index in [1.807, 2.05) is 0 Å². The zero-order valence-electron chi connectivity index (χ0n) is 7.91. The first-order valence-electron chi connectivity index (χ1n) is 1.53. The van der Waals surface area contributed by atoms with E-state index in [-0.39, 0.29) is 106 Å². The van der Waals surface area contributed by atoms with Crippen LogP contribution in [0.1, 0.15) is 2.85 Å². The van der Waals surface area contributed by atoms with Gasteiger partial charge in [0.1, 0.15) is 0 Å². The molecule has 0 fully saturated rings. The van der Waals surface area contributed by atoms with Crippen LogP contribution in [-0.2, 0) is 13.4 Å². The molecular formula is H6K2O7P2. The molecule has 0 aliphatic carbocycles. The first kappa shape index (κ1) is 20.0. The maximum Gasteiger partial charge on any atom is 1.00 e. The van der Waals surface area contributed by atoms with Crippen molar-refractivity contribution in [2.75, 3.05) is 0 Å². The van der Waals surface area contributed by atoms with Crippen LogP contribution in [-0.4, -0.2) is 19.6 Å². The molecule has 7 nitrogen and oxygen atoms in total. The van der Waals surface area contributed by atoms with E-state index in [1.165, 1.54) is 0 Å². The van der Waals surface area contributed by atoms with Gasteiger partial charge in [-0.25, -0.2) is 9.13 Å². The summed E-state index contributed by atoms with van der Waals surface area (Å²) in [7, 11) is -10.1. The molecular weight excluding hydrogens is 252 g/mol. The summed E-state index contributed by atoms with van der Waals surface area (Å²) >= 11 is 0. The predicted octanol–water partition coefficient (Wildman–Crippen LogP) is -6.58. The third-order valence-corrected chi connectivity index (χ3v) is 1.91. The maximum absolute atomic E-state index is 9.63. The summed E-state index contributed by atoms with van der Waals surface area (Å²) in [4.78, 5) is 31.0. The Balaban J connectivity index is -0.0000000533. The third kappa shape index (κ3) is 19.8. The molecule has 0 atom stereocenters. The van der Waals surface area contributed by atoms with Gasteiger partial charge in [0.05, 0.1) is 0 Å². The molecule has 0 aromatic heterocycles. The van der Waals surface area contributed by atoms with Gasteiger partial charge in [-0.3, -0.25) is 0 Å². The molecule has 0 aromatic carbocycles. The summed E-state index contributed by atoms with van der Waals surface area (Å²) in [5.74, 6) is 0. The number of hydrogen-bond donors (Lipinski definition) is 4. The van der Waals surface area contributed by atoms with Crippen LogP contribution in [0.5, 0.6) is 0 Å². The molecule has 0 rings (SSSR count). The van der Waals surface area contributed by atoms with Gasteiger partial charge >= 0.3 is 118 Å². The summed E-state index contributed by atoms with van der Waals surface area (Å²) < 4.78 is 22.2. The zero-order chi connectivity index (χ0) is 7.71. The van der Waals surface area contributed by atoms with Gasteiger partial charge in [0, 0.05) is 0 Å². The van der Waals surface area contributed by atoms with E-state index in [2.05, 4.69) is 4.31 Å². The van der Waals surface area contributed by atoms with Gasteiger partial charge in [-0.1, -0.05) is 0 Å². The van der Waals surface area contributed by atoms with Gasteiger partial charge < -0.3 is 22.4 Å². The van der Waals surface area contributed by atoms with Crippen molar-refractivity contribution >= 4 is 15.6 Å². The van der Waals surface area contributed by atoms with Gasteiger partial charge in [-0.2, -0.15) is 4.31 Å². The van der Waals surface area contributed by atoms with Crippen LogP contribution >= 0.6 is 15.6 Å². The SMILES string of the molecule is O=P(O)(O)OP(=O)(O)O.[H-].[H-].[K+].[K+]. The molecule has 4 N–H and O–H groups in total. The summed E-state index contributed by atoms with van der Waals surface area (Å²) in [6.07, 6.45) is 0. The fraction of sp³-hybridized carbons (Fsp3) is 0. The topological polar surface area (TPSA) is 124 Å². The summed E-state index contributed by atoms with van der Waals surface area (Å²) in [5.41, 5.74) is 0. The Hall–Kier alpha value is 3.53. The van der Waals surface area contributed by atoms with Crippen molar-refractivity contribution in [2.45, 2.75) is 0 Å². The van der Waals surface area contributed by atoms with E-state index in [4.69, 9.17) is 19.6 Å². The smallest absolute Gasteiger partial charge is 1.00 e. The van der Waals surface area contributed by atoms with Crippen LogP contribution < -0.4 is 103 Å². The minimum atomic E-state index is -5.05. The molecule has 0 radical (unpaired) electrons. The second kappa shape index (κ2) is 7.78. The Morgan fingerprint density at radius 2 is 1.09 bits per heavy atom. The van der Waals surface area contributed by atoms with Crippen molar-refractivity contribution < 1.29 is 139 Å². The van der Waals surface area contributed by atoms with Crippen molar-refractivity contribution in [2.24, 2.45) is 0 Å². The number of rotatable bonds is 2. The Bertz CT molecular complexity index is 163. The molecule has 0 aliphatic heterocycles. The van der Waals surface area contributed by atoms with Crippen molar-refractivity contribution in [1.82, 2.24) is 0 Å². The van der Waals surface area contributed by atoms with Crippen LogP contribution in [0.15, 0.2) is 0 Å². The molecule has 11 heteroatoms. The fourth-order valence-corrected chi connectivity index (χ4v) is 1.25. The maximum atomic E-state index is 9.63. The van der Waals surface area contributed by atoms with E-state index in [0.29, 0.717) is 0 Å². The quantitative estimate of drug-likeness (QED) is 0.287. The Labute approximate surface area is 151 Å². The van der Waals surface area contributed by atoms with Gasteiger partial charge in [0.2, 0.25) is 0 Å². The van der Waals surface area contributed by atoms with Crippen molar-refractivity contribution in [3.63, 3.8) is 0 Å². The number of hydrogen-bond acceptors (Lipinski definition) is 3. The molecule has 0 spiro atoms. The van der Waals surface area contributed by atoms with Gasteiger partial charge in [-0.15, -0.1) is 0 Å². The second-order valence-electron chi connectivity index (χ2n) is 1.06. The van der Waals surface area contributed by atoms with Crippen molar-refractivity contribution in [3.05, 3.63) is 0 Å². The first-order chi connectivity index (χ1) is 3.71. The van der Waals surface area contributed by atoms with Crippen molar-refractivity contribution in [1.29, 1.82) is 0 Å². The average Bonchev–Trinajstić information content (AvgIpc) is 1.14. The molecule has 0 unspecified atom stereocenters. The molecule has 0 saturated carbocycles. The van der Waals surface area contributed by atoms with E-state index < -0.39 is 15.6 Å². The Morgan fingerprint density at radius 3 is 1.09 bits per heavy atom. The van der Waals surface area contributed by atoms with Crippen LogP contribution in [0.2, 0.25) is 0 Å². The van der Waals surface area contributed by atoms with E-state index >= 15 is 0 Å². The van der Waals surface area contributed by atoms with Crippen LogP contribution in [0, 0.1) is 0 Å². The van der Waals surface area contributed by atoms with Crippen LogP contribution in [0.4, 0.5) is 0 Å². The number of phosphoric acid groups is 2. The summed E-state index contributed by atoms with van der Waals surface area (Å²) in [6, 6.07) is 0. The Morgan fingerprint density at radius 1 is 0.909 bits per heavy atom. The molecule has 0 bridgehead atoms. The molecule has 60 valence electrons. The van der Waals surface area contributed by atoms with Crippen LogP contribution in [0.3, 0.4) is 0 Å². The summed E-state index contributed by atoms with van der Waals surface area (Å²) in [6.45, 7) is 0. The van der Waals surface area contributed by atoms with Crippen molar-refractivity contribution in [3.8, 4) is 0 Å². The van der Waals surface area contributed by atoms with E-state index in [1.54, 1.807) is 0 Å². The normalized spacial score (nSPS) is 11.3. The molecule has 0 aliphatic rings. The molecule has 0 heterocycles. The monoisotopic (exact) mass is 258 g/mol. The minimum absolute atomic E-state index is 0. The summed E-state index contributed by atoms with van der Waals surface area (Å²) in [5, 5.41) is 0. The predicted molar refractivity (Wildman–Crippen MR) is 27.4 cm³/mol. The molecule has 0 amide bonds. The average molecular weight is 258 g/mol. The second-order valence-corrected chi connectivity index (χ2v) is 3.68. The van der Waals surface area contributed by atoms with Crippen LogP contribution in [0.25, 0.3) is 0 Å². The fourth-order valence-electron chi connectivity index (χ4n) is 0.139. The minimum Gasteiger partial charge on any atom is -1.00 e. The van der Waals surface area contributed by atoms with Gasteiger partial charge in [0.15, 0.2) is 0 Å². The van der Waals surface area contributed by atoms with E-state index in [9.17, 15) is 9.13 Å². The zero-order valence-corrected chi connectivity index (χ0v) is 13.9. The largest absolute Gasteiger partial charge is 1.00 e. The molecule has 11 heavy (non-hydrogen) atoms. The molecule has 0 aromatic rings. The molecule has 0 saturated heterocycles. The van der Waals surface area contributed by atoms with E-state index in [0.717, 1.165) is 0 Å². The standard InChI is InChI=1S/2K.H4O7P2.2H/c;;1-8(2,3)7-9(4,5)6;;/h;;(H2,1,2,3)(H2,4,5,6);;/q2*+1;;2*-1. The Kier molecular flexibility index (Phi) is 14.1. The first-order valence-corrected chi connectivity index (χ1v) is 4.59. The van der Waals surface area contributed by atoms with Gasteiger partial charge in [-0.05, 0) is 0 Å².